The molecule has 2 aromatic rings. The van der Waals surface area contributed by atoms with Crippen LogP contribution in [-0.2, 0) is 4.79 Å². The quantitative estimate of drug-likeness (QED) is 0.690. The molecule has 5 nitrogen and oxygen atoms in total. The lowest BCUT2D eigenvalue weighted by Gasteiger charge is -2.39. The van der Waals surface area contributed by atoms with Crippen molar-refractivity contribution < 1.29 is 18.0 Å². The topological polar surface area (TPSA) is 50.2 Å². The van der Waals surface area contributed by atoms with Crippen LogP contribution in [0.25, 0.3) is 0 Å². The normalized spacial score (nSPS) is 24.7. The zero-order chi connectivity index (χ0) is 23.3. The van der Waals surface area contributed by atoms with Crippen LogP contribution in [0.1, 0.15) is 69.7 Å². The van der Waals surface area contributed by atoms with E-state index < -0.39 is 12.2 Å². The second-order valence-electron chi connectivity index (χ2n) is 10.2. The molecule has 0 radical (unpaired) electrons. The van der Waals surface area contributed by atoms with E-state index in [2.05, 4.69) is 10.4 Å². The molecule has 1 aromatic carbocycles. The number of aromatic nitrogens is 2. The van der Waals surface area contributed by atoms with Gasteiger partial charge in [0, 0.05) is 31.1 Å². The van der Waals surface area contributed by atoms with Crippen molar-refractivity contribution in [3.8, 4) is 0 Å². The summed E-state index contributed by atoms with van der Waals surface area (Å²) in [4.78, 5) is 14.8. The molecule has 4 atom stereocenters. The van der Waals surface area contributed by atoms with E-state index in [4.69, 9.17) is 0 Å². The van der Waals surface area contributed by atoms with Crippen molar-refractivity contribution in [3.05, 3.63) is 47.7 Å². The number of nitrogens with one attached hydrogen (secondary N) is 1. The number of carbonyl (C=O) groups is 1. The number of anilines is 1. The van der Waals surface area contributed by atoms with E-state index in [1.54, 1.807) is 6.07 Å². The lowest BCUT2D eigenvalue weighted by molar-refractivity contribution is -0.175. The average Bonchev–Trinajstić information content (AvgIpc) is 3.38. The van der Waals surface area contributed by atoms with Gasteiger partial charge in [-0.25, -0.2) is 4.68 Å². The number of fused-ring (bicyclic) bond motifs is 1. The largest absolute Gasteiger partial charge is 0.410 e. The second-order valence-corrected chi connectivity index (χ2v) is 10.2. The molecule has 0 bridgehead atoms. The van der Waals surface area contributed by atoms with Crippen LogP contribution in [0, 0.1) is 5.41 Å². The Morgan fingerprint density at radius 3 is 2.50 bits per heavy atom. The highest BCUT2D eigenvalue weighted by Gasteiger charge is 2.48. The van der Waals surface area contributed by atoms with E-state index in [1.807, 2.05) is 62.9 Å². The molecular weight excluding hydrogens is 417 g/mol. The van der Waals surface area contributed by atoms with E-state index in [0.717, 1.165) is 10.2 Å². The molecule has 0 saturated carbocycles. The molecule has 32 heavy (non-hydrogen) atoms. The van der Waals surface area contributed by atoms with E-state index in [1.165, 1.54) is 0 Å². The maximum atomic E-state index is 13.8. The summed E-state index contributed by atoms with van der Waals surface area (Å²) in [6, 6.07) is 9.42. The maximum Gasteiger partial charge on any atom is 0.410 e. The first-order valence-electron chi connectivity index (χ1n) is 11.2. The summed E-state index contributed by atoms with van der Waals surface area (Å²) in [5, 5.41) is 7.67. The number of hydrogen-bond donors (Lipinski definition) is 1. The van der Waals surface area contributed by atoms with E-state index in [9.17, 15) is 18.0 Å². The summed E-state index contributed by atoms with van der Waals surface area (Å²) >= 11 is 0. The molecular formula is C24H31F3N4O. The van der Waals surface area contributed by atoms with E-state index >= 15 is 0 Å². The molecule has 3 heterocycles. The highest BCUT2D eigenvalue weighted by molar-refractivity contribution is 5.83. The van der Waals surface area contributed by atoms with Gasteiger partial charge in [0.15, 0.2) is 6.04 Å². The van der Waals surface area contributed by atoms with Crippen molar-refractivity contribution in [2.24, 2.45) is 5.41 Å². The summed E-state index contributed by atoms with van der Waals surface area (Å²) in [6.07, 6.45) is -3.72. The number of rotatable bonds is 3. The monoisotopic (exact) mass is 448 g/mol. The number of halogens is 3. The van der Waals surface area contributed by atoms with Gasteiger partial charge >= 0.3 is 6.18 Å². The Hall–Kier alpha value is -2.51. The lowest BCUT2D eigenvalue weighted by Crippen LogP contribution is -2.44. The minimum absolute atomic E-state index is 0.0433. The van der Waals surface area contributed by atoms with Crippen molar-refractivity contribution in [3.63, 3.8) is 0 Å². The Bertz CT molecular complexity index is 964. The van der Waals surface area contributed by atoms with Crippen LogP contribution in [0.3, 0.4) is 0 Å². The predicted molar refractivity (Wildman–Crippen MR) is 118 cm³/mol. The average molecular weight is 449 g/mol. The molecule has 1 aromatic heterocycles. The summed E-state index contributed by atoms with van der Waals surface area (Å²) in [5.74, 6) is 0.135. The molecule has 1 amide bonds. The van der Waals surface area contributed by atoms with Crippen molar-refractivity contribution in [2.75, 3.05) is 18.4 Å². The standard InChI is InChI=1S/C24H31F3N4O/c1-15(16-8-6-5-7-9-16)22(32)30-11-10-17(14-30)18-12-21-28-19(23(2,3)4)13-20(24(25,26)27)31(21)29-18/h5-9,12,15,17,19-20,28H,10-11,13-14H2,1-4H3/t15-,17-,19-,20+/m0/s1. The van der Waals surface area contributed by atoms with Gasteiger partial charge in [0.25, 0.3) is 0 Å². The highest BCUT2D eigenvalue weighted by atomic mass is 19.4. The van der Waals surface area contributed by atoms with Crippen LogP contribution in [0.2, 0.25) is 0 Å². The van der Waals surface area contributed by atoms with Gasteiger partial charge in [-0.05, 0) is 30.7 Å². The van der Waals surface area contributed by atoms with E-state index in [-0.39, 0.29) is 35.6 Å². The van der Waals surface area contributed by atoms with Crippen LogP contribution in [0.5, 0.6) is 0 Å². The minimum Gasteiger partial charge on any atom is -0.367 e. The third kappa shape index (κ3) is 4.36. The summed E-state index contributed by atoms with van der Waals surface area (Å²) < 4.78 is 42.6. The van der Waals surface area contributed by atoms with Crippen molar-refractivity contribution in [1.29, 1.82) is 0 Å². The Morgan fingerprint density at radius 2 is 1.88 bits per heavy atom. The van der Waals surface area contributed by atoms with Gasteiger partial charge in [-0.15, -0.1) is 0 Å². The molecule has 1 saturated heterocycles. The molecule has 0 unspecified atom stereocenters. The fourth-order valence-electron chi connectivity index (χ4n) is 4.72. The van der Waals surface area contributed by atoms with Crippen molar-refractivity contribution in [2.45, 2.75) is 70.6 Å². The third-order valence-electron chi connectivity index (χ3n) is 6.84. The smallest absolute Gasteiger partial charge is 0.367 e. The number of carbonyl (C=O) groups excluding carboxylic acids is 1. The van der Waals surface area contributed by atoms with E-state index in [0.29, 0.717) is 31.0 Å². The van der Waals surface area contributed by atoms with Crippen LogP contribution in [-0.4, -0.2) is 45.9 Å². The second kappa shape index (κ2) is 8.12. The fourth-order valence-corrected chi connectivity index (χ4v) is 4.72. The SMILES string of the molecule is C[C@H](C(=O)N1CC[C@H](c2cc3n(n2)[C@@H](C(F)(F)F)C[C@@H](C(C)(C)C)N3)C1)c1ccccc1. The number of amides is 1. The number of likely N-dealkylation sites (tertiary alicyclic amines) is 1. The van der Waals surface area contributed by atoms with Crippen LogP contribution in [0.15, 0.2) is 36.4 Å². The third-order valence-corrected chi connectivity index (χ3v) is 6.84. The van der Waals surface area contributed by atoms with Crippen molar-refractivity contribution in [1.82, 2.24) is 14.7 Å². The Kier molecular flexibility index (Phi) is 5.75. The van der Waals surface area contributed by atoms with Crippen LogP contribution < -0.4 is 5.32 Å². The van der Waals surface area contributed by atoms with Gasteiger partial charge in [0.2, 0.25) is 5.91 Å². The fraction of sp³-hybridized carbons (Fsp3) is 0.583. The van der Waals surface area contributed by atoms with Gasteiger partial charge in [0.05, 0.1) is 11.6 Å². The molecule has 0 spiro atoms. The molecule has 2 aliphatic rings. The van der Waals surface area contributed by atoms with Gasteiger partial charge in [-0.1, -0.05) is 51.1 Å². The van der Waals surface area contributed by atoms with Gasteiger partial charge < -0.3 is 10.2 Å². The number of alkyl halides is 3. The molecule has 1 fully saturated rings. The summed E-state index contributed by atoms with van der Waals surface area (Å²) in [6.45, 7) is 8.79. The maximum absolute atomic E-state index is 13.8. The molecule has 2 aliphatic heterocycles. The first-order chi connectivity index (χ1) is 14.9. The van der Waals surface area contributed by atoms with Gasteiger partial charge in [-0.3, -0.25) is 4.79 Å². The van der Waals surface area contributed by atoms with Crippen LogP contribution >= 0.6 is 0 Å². The molecule has 1 N–H and O–H groups in total. The van der Waals surface area contributed by atoms with Gasteiger partial charge in [0.1, 0.15) is 5.82 Å². The van der Waals surface area contributed by atoms with Crippen molar-refractivity contribution >= 4 is 11.7 Å². The summed E-state index contributed by atoms with van der Waals surface area (Å²) in [7, 11) is 0. The first kappa shape index (κ1) is 22.7. The van der Waals surface area contributed by atoms with Gasteiger partial charge in [-0.2, -0.15) is 18.3 Å². The first-order valence-corrected chi connectivity index (χ1v) is 11.2. The minimum atomic E-state index is -4.37. The molecule has 174 valence electrons. The summed E-state index contributed by atoms with van der Waals surface area (Å²) in [5.41, 5.74) is 1.27. The lowest BCUT2D eigenvalue weighted by atomic mass is 9.82. The number of nitrogens with zero attached hydrogens (tertiary/aromatic N) is 3. The zero-order valence-corrected chi connectivity index (χ0v) is 19.0. The zero-order valence-electron chi connectivity index (χ0n) is 19.0. The predicted octanol–water partition coefficient (Wildman–Crippen LogP) is 5.34. The molecule has 0 aliphatic carbocycles. The Morgan fingerprint density at radius 1 is 1.19 bits per heavy atom. The number of benzene rings is 1. The Balaban J connectivity index is 1.53. The van der Waals surface area contributed by atoms with Crippen LogP contribution in [0.4, 0.5) is 19.0 Å². The Labute approximate surface area is 187 Å². The number of hydrogen-bond acceptors (Lipinski definition) is 3. The molecule has 8 heteroatoms. The highest BCUT2D eigenvalue weighted by Crippen LogP contribution is 2.44. The molecule has 4 rings (SSSR count).